The van der Waals surface area contributed by atoms with Crippen LogP contribution in [-0.2, 0) is 15.4 Å². The summed E-state index contributed by atoms with van der Waals surface area (Å²) in [5.41, 5.74) is 2.39. The standard InChI is InChI=1S/C13H17N3O2S/c1-13(2,3)10-6-4-9(5-7-10)12-11(8-15-16-12)19(14,17)18/h4-8H,1-3H3,(H,15,16)(H2,14,17,18). The number of benzene rings is 1. The summed E-state index contributed by atoms with van der Waals surface area (Å²) in [6.45, 7) is 6.36. The lowest BCUT2D eigenvalue weighted by Crippen LogP contribution is -2.12. The fourth-order valence-corrected chi connectivity index (χ4v) is 2.48. The second kappa shape index (κ2) is 4.47. The van der Waals surface area contributed by atoms with E-state index in [-0.39, 0.29) is 10.3 Å². The lowest BCUT2D eigenvalue weighted by Gasteiger charge is -2.19. The van der Waals surface area contributed by atoms with Gasteiger partial charge >= 0.3 is 0 Å². The molecule has 102 valence electrons. The molecule has 0 saturated heterocycles. The van der Waals surface area contributed by atoms with E-state index >= 15 is 0 Å². The Morgan fingerprint density at radius 3 is 2.21 bits per heavy atom. The minimum atomic E-state index is -3.77. The first kappa shape index (κ1) is 13.8. The third-order valence-electron chi connectivity index (χ3n) is 2.95. The summed E-state index contributed by atoms with van der Waals surface area (Å²) in [7, 11) is -3.77. The minimum absolute atomic E-state index is 0.0102. The molecule has 0 aliphatic rings. The lowest BCUT2D eigenvalue weighted by atomic mass is 9.86. The molecule has 1 heterocycles. The number of sulfonamides is 1. The third kappa shape index (κ3) is 2.85. The average molecular weight is 279 g/mol. The summed E-state index contributed by atoms with van der Waals surface area (Å²) in [5, 5.41) is 11.6. The maximum atomic E-state index is 11.4. The van der Waals surface area contributed by atoms with E-state index in [9.17, 15) is 8.42 Å². The van der Waals surface area contributed by atoms with Crippen molar-refractivity contribution in [3.05, 3.63) is 36.0 Å². The highest BCUT2D eigenvalue weighted by molar-refractivity contribution is 7.89. The van der Waals surface area contributed by atoms with Crippen LogP contribution >= 0.6 is 0 Å². The number of hydrogen-bond acceptors (Lipinski definition) is 3. The smallest absolute Gasteiger partial charge is 0.241 e. The molecule has 0 amide bonds. The van der Waals surface area contributed by atoms with Crippen molar-refractivity contribution in [1.29, 1.82) is 0 Å². The van der Waals surface area contributed by atoms with Gasteiger partial charge in [-0.05, 0) is 11.0 Å². The van der Waals surface area contributed by atoms with Crippen molar-refractivity contribution in [2.24, 2.45) is 5.14 Å². The van der Waals surface area contributed by atoms with Crippen LogP contribution < -0.4 is 5.14 Å². The maximum absolute atomic E-state index is 11.4. The number of nitrogens with zero attached hydrogens (tertiary/aromatic N) is 1. The quantitative estimate of drug-likeness (QED) is 0.881. The zero-order valence-electron chi connectivity index (χ0n) is 11.1. The van der Waals surface area contributed by atoms with E-state index in [1.807, 2.05) is 24.3 Å². The van der Waals surface area contributed by atoms with E-state index in [1.54, 1.807) is 0 Å². The van der Waals surface area contributed by atoms with Gasteiger partial charge in [-0.25, -0.2) is 13.6 Å². The number of primary sulfonamides is 1. The molecule has 0 spiro atoms. The van der Waals surface area contributed by atoms with Gasteiger partial charge < -0.3 is 0 Å². The van der Waals surface area contributed by atoms with Gasteiger partial charge in [0.25, 0.3) is 0 Å². The maximum Gasteiger partial charge on any atom is 0.241 e. The largest absolute Gasteiger partial charge is 0.276 e. The predicted octanol–water partition coefficient (Wildman–Crippen LogP) is 2.02. The first-order chi connectivity index (χ1) is 8.69. The van der Waals surface area contributed by atoms with E-state index in [0.717, 1.165) is 5.56 Å². The van der Waals surface area contributed by atoms with Crippen molar-refractivity contribution < 1.29 is 8.42 Å². The number of aromatic amines is 1. The molecule has 0 fully saturated rings. The average Bonchev–Trinajstić information content (AvgIpc) is 2.76. The molecule has 0 bridgehead atoms. The van der Waals surface area contributed by atoms with Crippen LogP contribution in [0.1, 0.15) is 26.3 Å². The highest BCUT2D eigenvalue weighted by Crippen LogP contribution is 2.27. The topological polar surface area (TPSA) is 88.8 Å². The highest BCUT2D eigenvalue weighted by atomic mass is 32.2. The summed E-state index contributed by atoms with van der Waals surface area (Å²) < 4.78 is 22.9. The van der Waals surface area contributed by atoms with E-state index in [4.69, 9.17) is 5.14 Å². The Hall–Kier alpha value is -1.66. The van der Waals surface area contributed by atoms with Gasteiger partial charge in [-0.15, -0.1) is 0 Å². The lowest BCUT2D eigenvalue weighted by molar-refractivity contribution is 0.590. The predicted molar refractivity (Wildman–Crippen MR) is 74.1 cm³/mol. The van der Waals surface area contributed by atoms with Crippen LogP contribution in [0, 0.1) is 0 Å². The normalized spacial score (nSPS) is 12.6. The van der Waals surface area contributed by atoms with E-state index in [1.165, 1.54) is 11.8 Å². The highest BCUT2D eigenvalue weighted by Gasteiger charge is 2.18. The zero-order valence-corrected chi connectivity index (χ0v) is 12.0. The van der Waals surface area contributed by atoms with Crippen molar-refractivity contribution in [1.82, 2.24) is 10.2 Å². The van der Waals surface area contributed by atoms with E-state index < -0.39 is 10.0 Å². The van der Waals surface area contributed by atoms with Crippen LogP contribution in [0.3, 0.4) is 0 Å². The molecule has 2 aromatic rings. The SMILES string of the molecule is CC(C)(C)c1ccc(-c2[nH]ncc2S(N)(=O)=O)cc1. The van der Waals surface area contributed by atoms with Gasteiger partial charge in [0.05, 0.1) is 11.9 Å². The Labute approximate surface area is 112 Å². The fourth-order valence-electron chi connectivity index (χ4n) is 1.83. The number of nitrogens with one attached hydrogen (secondary N) is 1. The summed E-state index contributed by atoms with van der Waals surface area (Å²) in [6.07, 6.45) is 1.22. The minimum Gasteiger partial charge on any atom is -0.276 e. The zero-order chi connectivity index (χ0) is 14.3. The van der Waals surface area contributed by atoms with Crippen LogP contribution in [0.25, 0.3) is 11.3 Å². The molecule has 0 atom stereocenters. The number of hydrogen-bond donors (Lipinski definition) is 2. The van der Waals surface area contributed by atoms with Crippen LogP contribution in [0.2, 0.25) is 0 Å². The second-order valence-electron chi connectivity index (χ2n) is 5.48. The number of H-pyrrole nitrogens is 1. The summed E-state index contributed by atoms with van der Waals surface area (Å²) >= 11 is 0. The summed E-state index contributed by atoms with van der Waals surface area (Å²) in [5.74, 6) is 0. The molecular formula is C13H17N3O2S. The van der Waals surface area contributed by atoms with Crippen LogP contribution in [0.5, 0.6) is 0 Å². The molecule has 0 aliphatic heterocycles. The van der Waals surface area contributed by atoms with Crippen LogP contribution in [-0.4, -0.2) is 18.6 Å². The van der Waals surface area contributed by atoms with E-state index in [2.05, 4.69) is 31.0 Å². The second-order valence-corrected chi connectivity index (χ2v) is 7.01. The Kier molecular flexibility index (Phi) is 3.24. The first-order valence-corrected chi connectivity index (χ1v) is 7.41. The van der Waals surface area contributed by atoms with Gasteiger partial charge in [-0.3, -0.25) is 5.10 Å². The molecule has 6 heteroatoms. The molecular weight excluding hydrogens is 262 g/mol. The van der Waals surface area contributed by atoms with E-state index in [0.29, 0.717) is 5.69 Å². The molecule has 2 rings (SSSR count). The van der Waals surface area contributed by atoms with Crippen molar-refractivity contribution in [3.8, 4) is 11.3 Å². The molecule has 0 radical (unpaired) electrons. The van der Waals surface area contributed by atoms with Gasteiger partial charge in [-0.2, -0.15) is 5.10 Å². The Morgan fingerprint density at radius 1 is 1.16 bits per heavy atom. The van der Waals surface area contributed by atoms with Gasteiger partial charge in [0.2, 0.25) is 10.0 Å². The Balaban J connectivity index is 2.48. The fraction of sp³-hybridized carbons (Fsp3) is 0.308. The Morgan fingerprint density at radius 2 is 1.74 bits per heavy atom. The molecule has 1 aromatic carbocycles. The molecule has 0 saturated carbocycles. The van der Waals surface area contributed by atoms with Crippen molar-refractivity contribution in [2.45, 2.75) is 31.1 Å². The number of aromatic nitrogens is 2. The van der Waals surface area contributed by atoms with Crippen LogP contribution in [0.15, 0.2) is 35.4 Å². The van der Waals surface area contributed by atoms with Crippen molar-refractivity contribution in [2.75, 3.05) is 0 Å². The third-order valence-corrected chi connectivity index (χ3v) is 3.87. The van der Waals surface area contributed by atoms with Gasteiger partial charge in [0, 0.05) is 5.56 Å². The number of rotatable bonds is 2. The van der Waals surface area contributed by atoms with Crippen molar-refractivity contribution in [3.63, 3.8) is 0 Å². The Bertz CT molecular complexity index is 679. The number of nitrogens with two attached hydrogens (primary N) is 1. The van der Waals surface area contributed by atoms with Crippen LogP contribution in [0.4, 0.5) is 0 Å². The molecule has 1 aromatic heterocycles. The molecule has 0 unspecified atom stereocenters. The summed E-state index contributed by atoms with van der Waals surface area (Å²) in [4.78, 5) is 0.0102. The molecule has 3 N–H and O–H groups in total. The van der Waals surface area contributed by atoms with Gasteiger partial charge in [0.1, 0.15) is 4.90 Å². The van der Waals surface area contributed by atoms with Gasteiger partial charge in [-0.1, -0.05) is 45.0 Å². The molecule has 5 nitrogen and oxygen atoms in total. The molecule has 0 aliphatic carbocycles. The first-order valence-electron chi connectivity index (χ1n) is 5.87. The summed E-state index contributed by atoms with van der Waals surface area (Å²) in [6, 6.07) is 7.68. The monoisotopic (exact) mass is 279 g/mol. The van der Waals surface area contributed by atoms with Gasteiger partial charge in [0.15, 0.2) is 0 Å². The molecule has 19 heavy (non-hydrogen) atoms. The van der Waals surface area contributed by atoms with Crippen molar-refractivity contribution >= 4 is 10.0 Å².